The van der Waals surface area contributed by atoms with Crippen molar-refractivity contribution < 1.29 is 19.1 Å². The van der Waals surface area contributed by atoms with Gasteiger partial charge in [0.25, 0.3) is 0 Å². The van der Waals surface area contributed by atoms with Gasteiger partial charge in [-0.2, -0.15) is 0 Å². The van der Waals surface area contributed by atoms with E-state index < -0.39 is 5.60 Å². The molecule has 102 valence electrons. The fourth-order valence-corrected chi connectivity index (χ4v) is 1.63. The summed E-state index contributed by atoms with van der Waals surface area (Å²) < 4.78 is 10.1. The summed E-state index contributed by atoms with van der Waals surface area (Å²) in [6.07, 6.45) is 1.82. The molecular weight excluding hydrogens is 234 g/mol. The fraction of sp³-hybridized carbons (Fsp3) is 0.692. The van der Waals surface area contributed by atoms with E-state index in [4.69, 9.17) is 9.47 Å². The Labute approximate surface area is 108 Å². The zero-order valence-corrected chi connectivity index (χ0v) is 11.5. The molecule has 0 spiro atoms. The molecule has 1 rings (SSSR count). The summed E-state index contributed by atoms with van der Waals surface area (Å²) in [5.74, 6) is -0.349. The van der Waals surface area contributed by atoms with Crippen molar-refractivity contribution >= 4 is 12.1 Å². The maximum atomic E-state index is 11.8. The Balaban J connectivity index is 2.51. The molecule has 1 aliphatic heterocycles. The molecule has 0 N–H and O–H groups in total. The van der Waals surface area contributed by atoms with E-state index in [0.717, 1.165) is 5.57 Å². The molecule has 1 amide bonds. The number of hydrogen-bond donors (Lipinski definition) is 0. The molecule has 5 heteroatoms. The van der Waals surface area contributed by atoms with E-state index >= 15 is 0 Å². The Hall–Kier alpha value is -1.52. The van der Waals surface area contributed by atoms with Gasteiger partial charge in [-0.15, -0.1) is 0 Å². The van der Waals surface area contributed by atoms with Crippen LogP contribution in [0, 0.1) is 0 Å². The number of likely N-dealkylation sites (tertiary alicyclic amines) is 1. The van der Waals surface area contributed by atoms with Crippen LogP contribution in [0.4, 0.5) is 4.79 Å². The van der Waals surface area contributed by atoms with Crippen molar-refractivity contribution in [2.45, 2.75) is 39.7 Å². The third-order valence-electron chi connectivity index (χ3n) is 2.36. The average molecular weight is 255 g/mol. The van der Waals surface area contributed by atoms with E-state index in [1.54, 1.807) is 11.8 Å². The minimum atomic E-state index is -0.495. The summed E-state index contributed by atoms with van der Waals surface area (Å²) in [5.41, 5.74) is 0.407. The summed E-state index contributed by atoms with van der Waals surface area (Å²) in [7, 11) is 0. The number of ether oxygens (including phenoxy) is 2. The monoisotopic (exact) mass is 255 g/mol. The zero-order valence-electron chi connectivity index (χ0n) is 11.5. The number of rotatable bonds is 2. The Morgan fingerprint density at radius 1 is 1.39 bits per heavy atom. The van der Waals surface area contributed by atoms with Crippen molar-refractivity contribution in [3.05, 3.63) is 11.6 Å². The molecule has 0 aromatic heterocycles. The fourth-order valence-electron chi connectivity index (χ4n) is 1.63. The number of esters is 1. The van der Waals surface area contributed by atoms with E-state index in [1.807, 2.05) is 20.8 Å². The van der Waals surface area contributed by atoms with Gasteiger partial charge < -0.3 is 14.4 Å². The molecule has 1 heterocycles. The third-order valence-corrected chi connectivity index (χ3v) is 2.36. The lowest BCUT2D eigenvalue weighted by molar-refractivity contribution is -0.137. The minimum absolute atomic E-state index is 0.338. The molecule has 0 aliphatic carbocycles. The van der Waals surface area contributed by atoms with Gasteiger partial charge in [0, 0.05) is 19.2 Å². The Bertz CT molecular complexity index is 354. The molecule has 0 radical (unpaired) electrons. The first kappa shape index (κ1) is 14.5. The molecule has 0 atom stereocenters. The van der Waals surface area contributed by atoms with Gasteiger partial charge in [0.05, 0.1) is 6.61 Å². The Kier molecular flexibility index (Phi) is 4.76. The van der Waals surface area contributed by atoms with Gasteiger partial charge in [-0.05, 0) is 39.7 Å². The Morgan fingerprint density at radius 2 is 2.06 bits per heavy atom. The van der Waals surface area contributed by atoms with Crippen LogP contribution in [0.2, 0.25) is 0 Å². The highest BCUT2D eigenvalue weighted by molar-refractivity contribution is 5.83. The van der Waals surface area contributed by atoms with Gasteiger partial charge >= 0.3 is 12.1 Å². The van der Waals surface area contributed by atoms with E-state index in [0.29, 0.717) is 26.1 Å². The van der Waals surface area contributed by atoms with E-state index in [2.05, 4.69) is 0 Å². The van der Waals surface area contributed by atoms with Crippen molar-refractivity contribution in [1.29, 1.82) is 0 Å². The van der Waals surface area contributed by atoms with Crippen molar-refractivity contribution in [2.24, 2.45) is 0 Å². The van der Waals surface area contributed by atoms with Crippen molar-refractivity contribution in [3.8, 4) is 0 Å². The zero-order chi connectivity index (χ0) is 13.8. The molecular formula is C13H21NO4. The second kappa shape index (κ2) is 5.89. The minimum Gasteiger partial charge on any atom is -0.463 e. The maximum Gasteiger partial charge on any atom is 0.410 e. The first-order valence-corrected chi connectivity index (χ1v) is 6.16. The average Bonchev–Trinajstić information content (AvgIpc) is 2.63. The molecule has 0 saturated carbocycles. The first-order valence-electron chi connectivity index (χ1n) is 6.16. The highest BCUT2D eigenvalue weighted by Gasteiger charge is 2.26. The van der Waals surface area contributed by atoms with Gasteiger partial charge in [0.2, 0.25) is 0 Å². The van der Waals surface area contributed by atoms with E-state index in [9.17, 15) is 9.59 Å². The van der Waals surface area contributed by atoms with Gasteiger partial charge in [-0.1, -0.05) is 0 Å². The van der Waals surface area contributed by atoms with Crippen LogP contribution in [-0.2, 0) is 14.3 Å². The topological polar surface area (TPSA) is 55.8 Å². The first-order chi connectivity index (χ1) is 8.31. The largest absolute Gasteiger partial charge is 0.463 e. The summed E-state index contributed by atoms with van der Waals surface area (Å²) in [5, 5.41) is 0. The summed E-state index contributed by atoms with van der Waals surface area (Å²) in [4.78, 5) is 24.6. The normalized spacial score (nSPS) is 18.0. The molecule has 1 fully saturated rings. The molecule has 0 aromatic carbocycles. The van der Waals surface area contributed by atoms with Crippen LogP contribution >= 0.6 is 0 Å². The van der Waals surface area contributed by atoms with Crippen LogP contribution in [0.15, 0.2) is 11.6 Å². The summed E-state index contributed by atoms with van der Waals surface area (Å²) in [6.45, 7) is 8.63. The second-order valence-corrected chi connectivity index (χ2v) is 5.21. The summed E-state index contributed by atoms with van der Waals surface area (Å²) in [6, 6.07) is 0. The number of carbonyl (C=O) groups is 2. The third kappa shape index (κ3) is 4.77. The van der Waals surface area contributed by atoms with Crippen LogP contribution in [0.3, 0.4) is 0 Å². The van der Waals surface area contributed by atoms with Gasteiger partial charge in [0.15, 0.2) is 0 Å². The van der Waals surface area contributed by atoms with Crippen molar-refractivity contribution in [3.63, 3.8) is 0 Å². The standard InChI is InChI=1S/C13H21NO4/c1-5-17-11(15)8-10-6-7-14(9-10)12(16)18-13(2,3)4/h8H,5-7,9H2,1-4H3/b10-8-. The van der Waals surface area contributed by atoms with Gasteiger partial charge in [-0.3, -0.25) is 0 Å². The van der Waals surface area contributed by atoms with Crippen LogP contribution in [0.1, 0.15) is 34.1 Å². The molecule has 18 heavy (non-hydrogen) atoms. The van der Waals surface area contributed by atoms with Gasteiger partial charge in [0.1, 0.15) is 5.60 Å². The SMILES string of the molecule is CCOC(=O)/C=C1/CCN(C(=O)OC(C)(C)C)C1. The molecule has 1 saturated heterocycles. The Morgan fingerprint density at radius 3 is 2.61 bits per heavy atom. The van der Waals surface area contributed by atoms with E-state index in [-0.39, 0.29) is 12.1 Å². The lowest BCUT2D eigenvalue weighted by Gasteiger charge is -2.23. The smallest absolute Gasteiger partial charge is 0.410 e. The number of amides is 1. The molecule has 0 aromatic rings. The lowest BCUT2D eigenvalue weighted by Crippen LogP contribution is -2.34. The molecule has 1 aliphatic rings. The van der Waals surface area contributed by atoms with Crippen LogP contribution < -0.4 is 0 Å². The van der Waals surface area contributed by atoms with Crippen molar-refractivity contribution in [1.82, 2.24) is 4.90 Å². The second-order valence-electron chi connectivity index (χ2n) is 5.21. The lowest BCUT2D eigenvalue weighted by atomic mass is 10.2. The highest BCUT2D eigenvalue weighted by atomic mass is 16.6. The van der Waals surface area contributed by atoms with Gasteiger partial charge in [-0.25, -0.2) is 9.59 Å². The molecule has 0 bridgehead atoms. The quantitative estimate of drug-likeness (QED) is 0.560. The van der Waals surface area contributed by atoms with Crippen LogP contribution in [-0.4, -0.2) is 42.3 Å². The van der Waals surface area contributed by atoms with Crippen LogP contribution in [0.5, 0.6) is 0 Å². The predicted octanol–water partition coefficient (Wildman–Crippen LogP) is 2.12. The molecule has 0 unspecified atom stereocenters. The highest BCUT2D eigenvalue weighted by Crippen LogP contribution is 2.18. The predicted molar refractivity (Wildman–Crippen MR) is 67.1 cm³/mol. The summed E-state index contributed by atoms with van der Waals surface area (Å²) >= 11 is 0. The maximum absolute atomic E-state index is 11.8. The number of hydrogen-bond acceptors (Lipinski definition) is 4. The van der Waals surface area contributed by atoms with Crippen molar-refractivity contribution in [2.75, 3.05) is 19.7 Å². The number of carbonyl (C=O) groups excluding carboxylic acids is 2. The van der Waals surface area contributed by atoms with E-state index in [1.165, 1.54) is 6.08 Å². The molecule has 5 nitrogen and oxygen atoms in total. The number of nitrogens with zero attached hydrogens (tertiary/aromatic N) is 1. The van der Waals surface area contributed by atoms with Crippen LogP contribution in [0.25, 0.3) is 0 Å².